The first-order valence-electron chi connectivity index (χ1n) is 6.34. The summed E-state index contributed by atoms with van der Waals surface area (Å²) in [6.45, 7) is 2.92. The number of halogens is 1. The minimum Gasteiger partial charge on any atom is -0.462 e. The zero-order valence-electron chi connectivity index (χ0n) is 11.3. The zero-order chi connectivity index (χ0) is 13.5. The number of carbonyl (C=O) groups is 1. The lowest BCUT2D eigenvalue weighted by Gasteiger charge is -2.08. The molecule has 3 nitrogen and oxygen atoms in total. The summed E-state index contributed by atoms with van der Waals surface area (Å²) in [4.78, 5) is 11.6. The molecule has 0 fully saturated rings. The van der Waals surface area contributed by atoms with Crippen LogP contribution in [0.5, 0.6) is 0 Å². The molecule has 2 aromatic rings. The molecule has 0 aromatic heterocycles. The summed E-state index contributed by atoms with van der Waals surface area (Å²) in [6, 6.07) is 17.5. The van der Waals surface area contributed by atoms with Crippen LogP contribution in [-0.4, -0.2) is 12.6 Å². The van der Waals surface area contributed by atoms with Crippen LogP contribution in [0.25, 0.3) is 0 Å². The second kappa shape index (κ2) is 8.23. The molecular formula is C16H18ClNO2. The van der Waals surface area contributed by atoms with Crippen molar-refractivity contribution in [2.75, 3.05) is 11.9 Å². The third-order valence-corrected chi connectivity index (χ3v) is 2.71. The monoisotopic (exact) mass is 291 g/mol. The average molecular weight is 292 g/mol. The van der Waals surface area contributed by atoms with Crippen LogP contribution >= 0.6 is 12.4 Å². The Balaban J connectivity index is 0.00000200. The second-order valence-electron chi connectivity index (χ2n) is 4.14. The highest BCUT2D eigenvalue weighted by Gasteiger charge is 2.06. The van der Waals surface area contributed by atoms with Gasteiger partial charge < -0.3 is 10.1 Å². The molecule has 106 valence electrons. The highest BCUT2D eigenvalue weighted by Crippen LogP contribution is 2.13. The molecule has 0 spiro atoms. The first kappa shape index (κ1) is 16.1. The number of ether oxygens (including phenoxy) is 1. The number of benzene rings is 2. The Labute approximate surface area is 125 Å². The number of esters is 1. The van der Waals surface area contributed by atoms with Gasteiger partial charge in [0.1, 0.15) is 0 Å². The van der Waals surface area contributed by atoms with Gasteiger partial charge in [0, 0.05) is 12.2 Å². The van der Waals surface area contributed by atoms with Gasteiger partial charge in [-0.1, -0.05) is 36.4 Å². The van der Waals surface area contributed by atoms with Gasteiger partial charge in [-0.25, -0.2) is 4.79 Å². The Kier molecular flexibility index (Phi) is 6.60. The van der Waals surface area contributed by atoms with Crippen LogP contribution in [0.1, 0.15) is 22.8 Å². The fourth-order valence-corrected chi connectivity index (χ4v) is 1.77. The zero-order valence-corrected chi connectivity index (χ0v) is 12.2. The number of hydrogen-bond donors (Lipinski definition) is 1. The van der Waals surface area contributed by atoms with Crippen molar-refractivity contribution in [2.45, 2.75) is 13.5 Å². The van der Waals surface area contributed by atoms with Gasteiger partial charge >= 0.3 is 5.97 Å². The van der Waals surface area contributed by atoms with E-state index in [4.69, 9.17) is 4.74 Å². The van der Waals surface area contributed by atoms with Gasteiger partial charge in [0.2, 0.25) is 0 Å². The second-order valence-corrected chi connectivity index (χ2v) is 4.14. The van der Waals surface area contributed by atoms with Gasteiger partial charge in [0.15, 0.2) is 0 Å². The minimum atomic E-state index is -0.286. The van der Waals surface area contributed by atoms with Crippen molar-refractivity contribution in [3.63, 3.8) is 0 Å². The Morgan fingerprint density at radius 2 is 1.85 bits per heavy atom. The van der Waals surface area contributed by atoms with Crippen LogP contribution in [0.4, 0.5) is 5.69 Å². The summed E-state index contributed by atoms with van der Waals surface area (Å²) in [5.41, 5.74) is 2.68. The number of rotatable bonds is 5. The minimum absolute atomic E-state index is 0. The Bertz CT molecular complexity index is 543. The molecule has 0 bridgehead atoms. The molecule has 0 radical (unpaired) electrons. The highest BCUT2D eigenvalue weighted by atomic mass is 35.5. The molecule has 2 rings (SSSR count). The van der Waals surface area contributed by atoms with Crippen LogP contribution in [0.15, 0.2) is 54.6 Å². The van der Waals surface area contributed by atoms with E-state index >= 15 is 0 Å². The van der Waals surface area contributed by atoms with Gasteiger partial charge in [0.25, 0.3) is 0 Å². The molecule has 0 amide bonds. The normalized spacial score (nSPS) is 9.45. The van der Waals surface area contributed by atoms with Crippen LogP contribution in [-0.2, 0) is 11.3 Å². The van der Waals surface area contributed by atoms with Gasteiger partial charge in [0.05, 0.1) is 12.2 Å². The number of carbonyl (C=O) groups excluding carboxylic acids is 1. The topological polar surface area (TPSA) is 38.3 Å². The molecule has 0 saturated carbocycles. The molecule has 0 aliphatic heterocycles. The molecule has 0 saturated heterocycles. The molecule has 20 heavy (non-hydrogen) atoms. The number of hydrogen-bond acceptors (Lipinski definition) is 3. The van der Waals surface area contributed by atoms with Crippen molar-refractivity contribution < 1.29 is 9.53 Å². The molecule has 1 N–H and O–H groups in total. The predicted octanol–water partition coefficient (Wildman–Crippen LogP) is 3.90. The average Bonchev–Trinajstić information content (AvgIpc) is 2.47. The van der Waals surface area contributed by atoms with Gasteiger partial charge in [-0.2, -0.15) is 0 Å². The van der Waals surface area contributed by atoms with E-state index < -0.39 is 0 Å². The predicted molar refractivity (Wildman–Crippen MR) is 83.4 cm³/mol. The fourth-order valence-electron chi connectivity index (χ4n) is 1.77. The maximum atomic E-state index is 11.6. The smallest absolute Gasteiger partial charge is 0.338 e. The summed E-state index contributed by atoms with van der Waals surface area (Å²) in [7, 11) is 0. The van der Waals surface area contributed by atoms with Crippen molar-refractivity contribution in [2.24, 2.45) is 0 Å². The Hall–Kier alpha value is -2.00. The highest BCUT2D eigenvalue weighted by molar-refractivity contribution is 5.90. The van der Waals surface area contributed by atoms with Gasteiger partial charge in [-0.3, -0.25) is 0 Å². The standard InChI is InChI=1S/C16H17NO2.ClH/c1-2-19-16(18)14-9-6-10-15(11-14)17-12-13-7-4-3-5-8-13;/h3-11,17H,2,12H2,1H3;1H. The first-order chi connectivity index (χ1) is 9.29. The van der Waals surface area contributed by atoms with E-state index in [0.717, 1.165) is 12.2 Å². The Morgan fingerprint density at radius 3 is 2.55 bits per heavy atom. The van der Waals surface area contributed by atoms with E-state index in [0.29, 0.717) is 12.2 Å². The molecule has 4 heteroatoms. The molecule has 0 atom stereocenters. The lowest BCUT2D eigenvalue weighted by atomic mass is 10.2. The molecule has 2 aromatic carbocycles. The van der Waals surface area contributed by atoms with Crippen molar-refractivity contribution in [3.8, 4) is 0 Å². The quantitative estimate of drug-likeness (QED) is 0.849. The lowest BCUT2D eigenvalue weighted by Crippen LogP contribution is -2.06. The van der Waals surface area contributed by atoms with Crippen molar-refractivity contribution >= 4 is 24.1 Å². The number of anilines is 1. The maximum absolute atomic E-state index is 11.6. The van der Waals surface area contributed by atoms with Gasteiger partial charge in [-0.15, -0.1) is 12.4 Å². The van der Waals surface area contributed by atoms with E-state index in [1.807, 2.05) is 30.3 Å². The van der Waals surface area contributed by atoms with E-state index in [-0.39, 0.29) is 18.4 Å². The van der Waals surface area contributed by atoms with Crippen molar-refractivity contribution in [1.29, 1.82) is 0 Å². The van der Waals surface area contributed by atoms with E-state index in [1.54, 1.807) is 19.1 Å². The lowest BCUT2D eigenvalue weighted by molar-refractivity contribution is 0.0526. The summed E-state index contributed by atoms with van der Waals surface area (Å²) < 4.78 is 4.98. The van der Waals surface area contributed by atoms with E-state index in [2.05, 4.69) is 17.4 Å². The van der Waals surface area contributed by atoms with Crippen LogP contribution in [0.3, 0.4) is 0 Å². The van der Waals surface area contributed by atoms with Crippen molar-refractivity contribution in [3.05, 3.63) is 65.7 Å². The third kappa shape index (κ3) is 4.59. The molecular weight excluding hydrogens is 274 g/mol. The molecule has 0 heterocycles. The fraction of sp³-hybridized carbons (Fsp3) is 0.188. The van der Waals surface area contributed by atoms with Crippen molar-refractivity contribution in [1.82, 2.24) is 0 Å². The number of nitrogens with one attached hydrogen (secondary N) is 1. The Morgan fingerprint density at radius 1 is 1.10 bits per heavy atom. The van der Waals surface area contributed by atoms with E-state index in [1.165, 1.54) is 5.56 Å². The molecule has 0 unspecified atom stereocenters. The first-order valence-corrected chi connectivity index (χ1v) is 6.34. The van der Waals surface area contributed by atoms with Crippen LogP contribution in [0.2, 0.25) is 0 Å². The summed E-state index contributed by atoms with van der Waals surface area (Å²) in [5.74, 6) is -0.286. The third-order valence-electron chi connectivity index (χ3n) is 2.71. The SMILES string of the molecule is CCOC(=O)c1cccc(NCc2ccccc2)c1.Cl. The van der Waals surface area contributed by atoms with Crippen LogP contribution < -0.4 is 5.32 Å². The summed E-state index contributed by atoms with van der Waals surface area (Å²) >= 11 is 0. The summed E-state index contributed by atoms with van der Waals surface area (Å²) in [6.07, 6.45) is 0. The summed E-state index contributed by atoms with van der Waals surface area (Å²) in [5, 5.41) is 3.29. The molecule has 0 aliphatic rings. The maximum Gasteiger partial charge on any atom is 0.338 e. The van der Waals surface area contributed by atoms with Gasteiger partial charge in [-0.05, 0) is 30.7 Å². The largest absolute Gasteiger partial charge is 0.462 e. The molecule has 0 aliphatic carbocycles. The van der Waals surface area contributed by atoms with E-state index in [9.17, 15) is 4.79 Å². The van der Waals surface area contributed by atoms with Crippen LogP contribution in [0, 0.1) is 0 Å².